The lowest BCUT2D eigenvalue weighted by molar-refractivity contribution is 1.18. The first-order valence-electron chi connectivity index (χ1n) is 3.93. The predicted molar refractivity (Wildman–Crippen MR) is 44.9 cm³/mol. The van der Waals surface area contributed by atoms with Crippen molar-refractivity contribution in [2.75, 3.05) is 0 Å². The Kier molecular flexibility index (Phi) is 1.65. The van der Waals surface area contributed by atoms with Crippen LogP contribution in [0.5, 0.6) is 0 Å². The molecule has 0 aliphatic heterocycles. The van der Waals surface area contributed by atoms with E-state index in [1.54, 1.807) is 0 Å². The average Bonchev–Trinajstić information content (AvgIpc) is 2.86. The Morgan fingerprint density at radius 3 is 2.64 bits per heavy atom. The fourth-order valence-electron chi connectivity index (χ4n) is 0.883. The van der Waals surface area contributed by atoms with Crippen LogP contribution in [0.3, 0.4) is 0 Å². The highest BCUT2D eigenvalue weighted by Gasteiger charge is 2.17. The highest BCUT2D eigenvalue weighted by atomic mass is 14.2. The molecule has 0 unspecified atom stereocenters. The summed E-state index contributed by atoms with van der Waals surface area (Å²) in [5.74, 6) is 7.04. The van der Waals surface area contributed by atoms with Gasteiger partial charge in [0.05, 0.1) is 0 Å². The molecule has 0 amide bonds. The van der Waals surface area contributed by atoms with E-state index in [1.807, 2.05) is 24.3 Å². The van der Waals surface area contributed by atoms with Gasteiger partial charge in [-0.15, -0.1) is 0 Å². The predicted octanol–water partition coefficient (Wildman–Crippen LogP) is 2.25. The largest absolute Gasteiger partial charge is 0.0945 e. The molecule has 53 valence electrons. The lowest BCUT2D eigenvalue weighted by Gasteiger charge is -1.84. The fraction of sp³-hybridized carbons (Fsp3) is 0.273. The zero-order valence-electron chi connectivity index (χ0n) is 6.30. The molecule has 0 bridgehead atoms. The van der Waals surface area contributed by atoms with Crippen molar-refractivity contribution in [2.45, 2.75) is 12.8 Å². The van der Waals surface area contributed by atoms with Gasteiger partial charge in [0, 0.05) is 11.5 Å². The maximum absolute atomic E-state index is 3.21. The van der Waals surface area contributed by atoms with Gasteiger partial charge in [-0.3, -0.25) is 0 Å². The molecular weight excluding hydrogens is 132 g/mol. The van der Waals surface area contributed by atoms with E-state index in [9.17, 15) is 0 Å². The molecule has 0 atom stereocenters. The van der Waals surface area contributed by atoms with Crippen molar-refractivity contribution in [1.82, 2.24) is 0 Å². The zero-order chi connectivity index (χ0) is 7.52. The van der Waals surface area contributed by atoms with Gasteiger partial charge in [-0.1, -0.05) is 24.0 Å². The highest BCUT2D eigenvalue weighted by Crippen LogP contribution is 2.27. The minimum absolute atomic E-state index is 0.694. The van der Waals surface area contributed by atoms with Gasteiger partial charge in [-0.05, 0) is 31.0 Å². The van der Waals surface area contributed by atoms with Crippen molar-refractivity contribution in [3.63, 3.8) is 0 Å². The van der Waals surface area contributed by atoms with Gasteiger partial charge in [0.15, 0.2) is 0 Å². The molecule has 1 saturated carbocycles. The van der Waals surface area contributed by atoms with Crippen molar-refractivity contribution in [3.8, 4) is 11.8 Å². The van der Waals surface area contributed by atoms with Crippen LogP contribution in [0, 0.1) is 23.8 Å². The quantitative estimate of drug-likeness (QED) is 0.486. The van der Waals surface area contributed by atoms with Crippen LogP contribution < -0.4 is 0 Å². The van der Waals surface area contributed by atoms with Crippen molar-refractivity contribution in [3.05, 3.63) is 35.9 Å². The maximum atomic E-state index is 3.21. The van der Waals surface area contributed by atoms with E-state index in [2.05, 4.69) is 17.9 Å². The number of hydrogen-bond acceptors (Lipinski definition) is 0. The topological polar surface area (TPSA) is 0 Å². The van der Waals surface area contributed by atoms with Gasteiger partial charge >= 0.3 is 0 Å². The molecule has 0 N–H and O–H groups in total. The van der Waals surface area contributed by atoms with E-state index in [-0.39, 0.29) is 0 Å². The van der Waals surface area contributed by atoms with E-state index >= 15 is 0 Å². The summed E-state index contributed by atoms with van der Waals surface area (Å²) in [6.45, 7) is 0. The van der Waals surface area contributed by atoms with Gasteiger partial charge in [0.25, 0.3) is 0 Å². The van der Waals surface area contributed by atoms with E-state index in [4.69, 9.17) is 0 Å². The molecule has 1 aliphatic rings. The summed E-state index contributed by atoms with van der Waals surface area (Å²) in [7, 11) is 0. The minimum Gasteiger partial charge on any atom is -0.0945 e. The molecule has 1 aromatic carbocycles. The lowest BCUT2D eigenvalue weighted by Crippen LogP contribution is -1.71. The van der Waals surface area contributed by atoms with Crippen LogP contribution in [-0.2, 0) is 0 Å². The first-order valence-corrected chi connectivity index (χ1v) is 3.93. The molecule has 0 saturated heterocycles. The van der Waals surface area contributed by atoms with Gasteiger partial charge in [0.1, 0.15) is 0 Å². The number of rotatable bonds is 0. The smallest absolute Gasteiger partial charge is 0.0245 e. The van der Waals surface area contributed by atoms with Gasteiger partial charge in [-0.2, -0.15) is 0 Å². The van der Waals surface area contributed by atoms with E-state index < -0.39 is 0 Å². The van der Waals surface area contributed by atoms with Crippen LogP contribution >= 0.6 is 0 Å². The molecule has 11 heavy (non-hydrogen) atoms. The summed E-state index contributed by atoms with van der Waals surface area (Å²) >= 11 is 0. The molecule has 0 nitrogen and oxygen atoms in total. The third kappa shape index (κ3) is 1.85. The normalized spacial score (nSPS) is 15.3. The Hall–Kier alpha value is -1.22. The summed E-state index contributed by atoms with van der Waals surface area (Å²) in [6, 6.07) is 10.8. The van der Waals surface area contributed by atoms with Crippen LogP contribution in [0.2, 0.25) is 0 Å². The standard InChI is InChI=1S/C11H9/c1-2-4-10(5-3-1)6-7-11-8-9-11/h2-5,11H,8-9H2. The second-order valence-electron chi connectivity index (χ2n) is 2.83. The van der Waals surface area contributed by atoms with Crippen LogP contribution in [0.25, 0.3) is 0 Å². The number of hydrogen-bond donors (Lipinski definition) is 0. The molecule has 1 aliphatic carbocycles. The second-order valence-corrected chi connectivity index (χ2v) is 2.83. The average molecular weight is 141 g/mol. The Morgan fingerprint density at radius 2 is 2.00 bits per heavy atom. The molecular formula is C11H9. The Labute approximate surface area is 67.2 Å². The zero-order valence-corrected chi connectivity index (χ0v) is 6.30. The van der Waals surface area contributed by atoms with E-state index in [1.165, 1.54) is 12.8 Å². The van der Waals surface area contributed by atoms with Crippen molar-refractivity contribution < 1.29 is 0 Å². The maximum Gasteiger partial charge on any atom is 0.0245 e. The Morgan fingerprint density at radius 1 is 1.27 bits per heavy atom. The molecule has 2 rings (SSSR count). The highest BCUT2D eigenvalue weighted by molar-refractivity contribution is 5.34. The first-order chi connectivity index (χ1) is 5.45. The fourth-order valence-corrected chi connectivity index (χ4v) is 0.883. The Bertz CT molecular complexity index is 283. The molecule has 0 spiro atoms. The summed E-state index contributed by atoms with van der Waals surface area (Å²) < 4.78 is 0. The van der Waals surface area contributed by atoms with Crippen LogP contribution in [-0.4, -0.2) is 0 Å². The summed E-state index contributed by atoms with van der Waals surface area (Å²) in [4.78, 5) is 0. The molecule has 1 fully saturated rings. The first kappa shape index (κ1) is 6.49. The van der Waals surface area contributed by atoms with Crippen molar-refractivity contribution in [1.29, 1.82) is 0 Å². The minimum atomic E-state index is 0.694. The van der Waals surface area contributed by atoms with E-state index in [0.29, 0.717) is 5.92 Å². The SMILES string of the molecule is C(#CC1CC1)c1cc[c]cc1. The summed E-state index contributed by atoms with van der Waals surface area (Å²) in [5, 5.41) is 0. The second kappa shape index (κ2) is 2.80. The molecule has 1 aromatic rings. The molecule has 0 aromatic heterocycles. The van der Waals surface area contributed by atoms with Gasteiger partial charge in [-0.25, -0.2) is 0 Å². The van der Waals surface area contributed by atoms with Gasteiger partial charge < -0.3 is 0 Å². The lowest BCUT2D eigenvalue weighted by atomic mass is 10.2. The third-order valence-corrected chi connectivity index (χ3v) is 1.72. The van der Waals surface area contributed by atoms with Crippen LogP contribution in [0.1, 0.15) is 18.4 Å². The van der Waals surface area contributed by atoms with Crippen LogP contribution in [0.4, 0.5) is 0 Å². The number of benzene rings is 1. The third-order valence-electron chi connectivity index (χ3n) is 1.72. The van der Waals surface area contributed by atoms with E-state index in [0.717, 1.165) is 5.56 Å². The molecule has 1 radical (unpaired) electrons. The van der Waals surface area contributed by atoms with Gasteiger partial charge in [0.2, 0.25) is 0 Å². The molecule has 0 heterocycles. The van der Waals surface area contributed by atoms with Crippen molar-refractivity contribution >= 4 is 0 Å². The van der Waals surface area contributed by atoms with Crippen LogP contribution in [0.15, 0.2) is 24.3 Å². The van der Waals surface area contributed by atoms with Crippen molar-refractivity contribution in [2.24, 2.45) is 5.92 Å². The monoisotopic (exact) mass is 141 g/mol. The molecule has 0 heteroatoms. The Balaban J connectivity index is 2.12. The summed E-state index contributed by atoms with van der Waals surface area (Å²) in [5.41, 5.74) is 1.11. The summed E-state index contributed by atoms with van der Waals surface area (Å²) in [6.07, 6.45) is 2.60.